The van der Waals surface area contributed by atoms with Crippen LogP contribution >= 0.6 is 43.2 Å². The minimum atomic E-state index is -0.604. The molecule has 2 rings (SSSR count). The van der Waals surface area contributed by atoms with Crippen LogP contribution in [-0.2, 0) is 0 Å². The van der Waals surface area contributed by atoms with Crippen molar-refractivity contribution in [2.45, 2.75) is 19.4 Å². The van der Waals surface area contributed by atoms with Crippen LogP contribution < -0.4 is 4.74 Å². The standard InChI is InChI=1S/C14H14Br2O2S/c1-2-7-18-10-5-3-9(4-6-10)13(17)12-8-11(15)14(16)19-12/h3-6,8,13,17H,2,7H2,1H3. The van der Waals surface area contributed by atoms with Crippen molar-refractivity contribution in [3.8, 4) is 5.75 Å². The summed E-state index contributed by atoms with van der Waals surface area (Å²) in [5.74, 6) is 0.839. The third-order valence-electron chi connectivity index (χ3n) is 2.60. The monoisotopic (exact) mass is 404 g/mol. The number of hydrogen-bond acceptors (Lipinski definition) is 3. The van der Waals surface area contributed by atoms with Gasteiger partial charge in [-0.15, -0.1) is 11.3 Å². The van der Waals surface area contributed by atoms with E-state index in [0.29, 0.717) is 6.61 Å². The lowest BCUT2D eigenvalue weighted by atomic mass is 10.1. The van der Waals surface area contributed by atoms with E-state index in [1.165, 1.54) is 11.3 Å². The van der Waals surface area contributed by atoms with Gasteiger partial charge in [-0.3, -0.25) is 0 Å². The molecule has 0 amide bonds. The van der Waals surface area contributed by atoms with Crippen molar-refractivity contribution in [2.24, 2.45) is 0 Å². The quantitative estimate of drug-likeness (QED) is 0.745. The van der Waals surface area contributed by atoms with Crippen LogP contribution in [0.5, 0.6) is 5.75 Å². The molecule has 0 saturated carbocycles. The molecule has 1 aromatic carbocycles. The summed E-state index contributed by atoms with van der Waals surface area (Å²) in [7, 11) is 0. The highest BCUT2D eigenvalue weighted by Gasteiger charge is 2.15. The number of rotatable bonds is 5. The normalized spacial score (nSPS) is 12.4. The van der Waals surface area contributed by atoms with E-state index in [1.807, 2.05) is 30.3 Å². The van der Waals surface area contributed by atoms with E-state index in [4.69, 9.17) is 4.74 Å². The number of aliphatic hydroxyl groups excluding tert-OH is 1. The fourth-order valence-corrected chi connectivity index (χ4v) is 3.73. The number of thiophene rings is 1. The van der Waals surface area contributed by atoms with Crippen molar-refractivity contribution >= 4 is 43.2 Å². The van der Waals surface area contributed by atoms with Crippen molar-refractivity contribution in [3.05, 3.63) is 49.0 Å². The topological polar surface area (TPSA) is 29.5 Å². The molecule has 0 aliphatic rings. The molecule has 0 aliphatic carbocycles. The zero-order chi connectivity index (χ0) is 13.8. The first-order chi connectivity index (χ1) is 9.11. The van der Waals surface area contributed by atoms with Crippen molar-refractivity contribution in [3.63, 3.8) is 0 Å². The van der Waals surface area contributed by atoms with Crippen LogP contribution in [0.1, 0.15) is 29.9 Å². The van der Waals surface area contributed by atoms with Gasteiger partial charge in [-0.2, -0.15) is 0 Å². The molecule has 1 unspecified atom stereocenters. The summed E-state index contributed by atoms with van der Waals surface area (Å²) < 4.78 is 7.48. The fourth-order valence-electron chi connectivity index (χ4n) is 1.63. The average molecular weight is 406 g/mol. The number of ether oxygens (including phenoxy) is 1. The highest BCUT2D eigenvalue weighted by molar-refractivity contribution is 9.13. The molecular formula is C14H14Br2O2S. The SMILES string of the molecule is CCCOc1ccc(C(O)c2cc(Br)c(Br)s2)cc1. The van der Waals surface area contributed by atoms with Gasteiger partial charge < -0.3 is 9.84 Å². The molecular weight excluding hydrogens is 392 g/mol. The third kappa shape index (κ3) is 3.81. The first-order valence-corrected chi connectivity index (χ1v) is 8.37. The van der Waals surface area contributed by atoms with E-state index in [0.717, 1.165) is 30.9 Å². The number of benzene rings is 1. The van der Waals surface area contributed by atoms with Gasteiger partial charge in [0.15, 0.2) is 0 Å². The minimum absolute atomic E-state index is 0.604. The summed E-state index contributed by atoms with van der Waals surface area (Å²) in [5, 5.41) is 10.3. The Morgan fingerprint density at radius 2 is 1.95 bits per heavy atom. The molecule has 1 atom stereocenters. The Hall–Kier alpha value is -0.360. The van der Waals surface area contributed by atoms with E-state index < -0.39 is 6.10 Å². The molecule has 102 valence electrons. The lowest BCUT2D eigenvalue weighted by Gasteiger charge is -2.10. The van der Waals surface area contributed by atoms with E-state index >= 15 is 0 Å². The predicted octanol–water partition coefficient (Wildman–Crippen LogP) is 5.14. The van der Waals surface area contributed by atoms with Gasteiger partial charge in [0.2, 0.25) is 0 Å². The second-order valence-electron chi connectivity index (χ2n) is 4.09. The summed E-state index contributed by atoms with van der Waals surface area (Å²) in [4.78, 5) is 0.904. The Morgan fingerprint density at radius 1 is 1.26 bits per heavy atom. The van der Waals surface area contributed by atoms with Gasteiger partial charge in [-0.25, -0.2) is 0 Å². The van der Waals surface area contributed by atoms with Gasteiger partial charge in [0.1, 0.15) is 11.9 Å². The van der Waals surface area contributed by atoms with Crippen molar-refractivity contribution in [1.29, 1.82) is 0 Å². The minimum Gasteiger partial charge on any atom is -0.494 e. The maximum absolute atomic E-state index is 10.3. The summed E-state index contributed by atoms with van der Waals surface area (Å²) >= 11 is 8.39. The molecule has 2 nitrogen and oxygen atoms in total. The molecule has 1 aromatic heterocycles. The number of hydrogen-bond donors (Lipinski definition) is 1. The fraction of sp³-hybridized carbons (Fsp3) is 0.286. The molecule has 0 saturated heterocycles. The van der Waals surface area contributed by atoms with Crippen molar-refractivity contribution < 1.29 is 9.84 Å². The smallest absolute Gasteiger partial charge is 0.119 e. The highest BCUT2D eigenvalue weighted by atomic mass is 79.9. The molecule has 0 bridgehead atoms. The van der Waals surface area contributed by atoms with Gasteiger partial charge in [0.25, 0.3) is 0 Å². The average Bonchev–Trinajstić information content (AvgIpc) is 2.76. The van der Waals surface area contributed by atoms with E-state index in [-0.39, 0.29) is 0 Å². The van der Waals surface area contributed by atoms with E-state index in [9.17, 15) is 5.11 Å². The summed E-state index contributed by atoms with van der Waals surface area (Å²) in [6.07, 6.45) is 0.384. The summed E-state index contributed by atoms with van der Waals surface area (Å²) in [6.45, 7) is 2.79. The predicted molar refractivity (Wildman–Crippen MR) is 86.0 cm³/mol. The van der Waals surface area contributed by atoms with Crippen LogP contribution in [-0.4, -0.2) is 11.7 Å². The molecule has 1 N–H and O–H groups in total. The molecule has 0 spiro atoms. The second-order valence-corrected chi connectivity index (χ2v) is 7.35. The maximum Gasteiger partial charge on any atom is 0.119 e. The lowest BCUT2D eigenvalue weighted by Crippen LogP contribution is -1.98. The summed E-state index contributed by atoms with van der Waals surface area (Å²) in [6, 6.07) is 9.52. The first-order valence-electron chi connectivity index (χ1n) is 5.97. The number of halogens is 2. The van der Waals surface area contributed by atoms with Crippen LogP contribution in [0.2, 0.25) is 0 Å². The second kappa shape index (κ2) is 6.88. The Kier molecular flexibility index (Phi) is 5.45. The lowest BCUT2D eigenvalue weighted by molar-refractivity contribution is 0.224. The van der Waals surface area contributed by atoms with Crippen LogP contribution in [0.3, 0.4) is 0 Å². The first kappa shape index (κ1) is 15.0. The molecule has 0 fully saturated rings. The molecule has 1 heterocycles. The van der Waals surface area contributed by atoms with Gasteiger partial charge in [-0.05, 0) is 62.0 Å². The highest BCUT2D eigenvalue weighted by Crippen LogP contribution is 2.37. The Labute approximate surface area is 133 Å². The molecule has 19 heavy (non-hydrogen) atoms. The van der Waals surface area contributed by atoms with Crippen LogP contribution in [0.25, 0.3) is 0 Å². The molecule has 0 radical (unpaired) electrons. The van der Waals surface area contributed by atoms with Gasteiger partial charge >= 0.3 is 0 Å². The Balaban J connectivity index is 2.13. The van der Waals surface area contributed by atoms with Crippen LogP contribution in [0, 0.1) is 0 Å². The zero-order valence-corrected chi connectivity index (χ0v) is 14.4. The molecule has 0 aliphatic heterocycles. The van der Waals surface area contributed by atoms with Crippen molar-refractivity contribution in [1.82, 2.24) is 0 Å². The van der Waals surface area contributed by atoms with Gasteiger partial charge in [0, 0.05) is 9.35 Å². The maximum atomic E-state index is 10.3. The molecule has 5 heteroatoms. The van der Waals surface area contributed by atoms with Crippen LogP contribution in [0.4, 0.5) is 0 Å². The van der Waals surface area contributed by atoms with Gasteiger partial charge in [-0.1, -0.05) is 19.1 Å². The number of aliphatic hydroxyl groups is 1. The summed E-state index contributed by atoms with van der Waals surface area (Å²) in [5.41, 5.74) is 0.866. The Morgan fingerprint density at radius 3 is 2.47 bits per heavy atom. The van der Waals surface area contributed by atoms with Crippen molar-refractivity contribution in [2.75, 3.05) is 6.61 Å². The Bertz CT molecular complexity index is 517. The third-order valence-corrected chi connectivity index (χ3v) is 5.91. The largest absolute Gasteiger partial charge is 0.494 e. The zero-order valence-electron chi connectivity index (χ0n) is 10.4. The van der Waals surface area contributed by atoms with E-state index in [1.54, 1.807) is 0 Å². The van der Waals surface area contributed by atoms with Gasteiger partial charge in [0.05, 0.1) is 10.4 Å². The van der Waals surface area contributed by atoms with E-state index in [2.05, 4.69) is 38.8 Å². The molecule has 2 aromatic rings. The van der Waals surface area contributed by atoms with Crippen LogP contribution in [0.15, 0.2) is 38.6 Å².